The van der Waals surface area contributed by atoms with Gasteiger partial charge in [-0.3, -0.25) is 9.36 Å². The lowest BCUT2D eigenvalue weighted by molar-refractivity contribution is -0.157. The molecule has 122 valence electrons. The predicted molar refractivity (Wildman–Crippen MR) is 77.5 cm³/mol. The fourth-order valence-electron chi connectivity index (χ4n) is 2.13. The van der Waals surface area contributed by atoms with Gasteiger partial charge in [0, 0.05) is 13.2 Å². The molecule has 1 unspecified atom stereocenters. The monoisotopic (exact) mass is 321 g/mol. The summed E-state index contributed by atoms with van der Waals surface area (Å²) in [5.41, 5.74) is 0. The second-order valence-electron chi connectivity index (χ2n) is 4.97. The summed E-state index contributed by atoms with van der Waals surface area (Å²) in [5, 5.41) is 2.49. The van der Waals surface area contributed by atoms with Gasteiger partial charge in [0.1, 0.15) is 0 Å². The second-order valence-corrected chi connectivity index (χ2v) is 6.24. The highest BCUT2D eigenvalue weighted by molar-refractivity contribution is 7.38. The molecule has 1 fully saturated rings. The Hall–Kier alpha value is -1.07. The van der Waals surface area contributed by atoms with Crippen molar-refractivity contribution in [2.75, 3.05) is 26.6 Å². The van der Waals surface area contributed by atoms with E-state index in [0.717, 1.165) is 25.7 Å². The lowest BCUT2D eigenvalue weighted by Crippen LogP contribution is -2.28. The molecular weight excluding hydrogens is 297 g/mol. The first-order valence-electron chi connectivity index (χ1n) is 7.30. The first-order chi connectivity index (χ1) is 10.1. The van der Waals surface area contributed by atoms with Gasteiger partial charge in [-0.25, -0.2) is 4.79 Å². The van der Waals surface area contributed by atoms with E-state index >= 15 is 0 Å². The molecule has 1 aliphatic rings. The molecule has 1 amide bonds. The maximum atomic E-state index is 11.7. The van der Waals surface area contributed by atoms with Gasteiger partial charge in [-0.05, 0) is 19.3 Å². The molecule has 0 bridgehead atoms. The number of amides is 1. The minimum atomic E-state index is -1.92. The average Bonchev–Trinajstić information content (AvgIpc) is 2.47. The van der Waals surface area contributed by atoms with E-state index in [1.807, 2.05) is 0 Å². The van der Waals surface area contributed by atoms with E-state index in [1.54, 1.807) is 0 Å². The van der Waals surface area contributed by atoms with Crippen LogP contribution in [0.2, 0.25) is 0 Å². The zero-order valence-corrected chi connectivity index (χ0v) is 13.4. The summed E-state index contributed by atoms with van der Waals surface area (Å²) >= 11 is 0. The van der Waals surface area contributed by atoms with E-state index in [1.165, 1.54) is 13.1 Å². The van der Waals surface area contributed by atoms with E-state index in [-0.39, 0.29) is 18.7 Å². The van der Waals surface area contributed by atoms with Crippen molar-refractivity contribution in [2.45, 2.75) is 38.5 Å². The molecular formula is C13H24NO6P. The molecule has 1 atom stereocenters. The van der Waals surface area contributed by atoms with Crippen molar-refractivity contribution in [2.24, 2.45) is 5.92 Å². The summed E-state index contributed by atoms with van der Waals surface area (Å²) in [6, 6.07) is 0. The largest absolute Gasteiger partial charge is 0.428 e. The van der Waals surface area contributed by atoms with Crippen molar-refractivity contribution in [3.63, 3.8) is 0 Å². The summed E-state index contributed by atoms with van der Waals surface area (Å²) in [4.78, 5) is 22.9. The molecule has 0 spiro atoms. The number of carbonyl (C=O) groups is 2. The molecule has 0 aromatic heterocycles. The molecule has 0 aromatic rings. The Balaban J connectivity index is 1.99. The van der Waals surface area contributed by atoms with Crippen molar-refractivity contribution in [1.29, 1.82) is 0 Å². The van der Waals surface area contributed by atoms with Gasteiger partial charge in [-0.1, -0.05) is 19.3 Å². The van der Waals surface area contributed by atoms with E-state index < -0.39 is 14.1 Å². The Morgan fingerprint density at radius 3 is 2.57 bits per heavy atom. The summed E-state index contributed by atoms with van der Waals surface area (Å²) < 4.78 is 25.2. The normalized spacial score (nSPS) is 17.0. The van der Waals surface area contributed by atoms with Crippen LogP contribution >= 0.6 is 8.03 Å². The van der Waals surface area contributed by atoms with Crippen LogP contribution in [0.4, 0.5) is 4.79 Å². The van der Waals surface area contributed by atoms with Crippen molar-refractivity contribution >= 4 is 20.1 Å². The first-order valence-corrected chi connectivity index (χ1v) is 9.12. The maximum absolute atomic E-state index is 11.7. The molecule has 8 heteroatoms. The third-order valence-electron chi connectivity index (χ3n) is 3.23. The van der Waals surface area contributed by atoms with Crippen molar-refractivity contribution in [3.05, 3.63) is 0 Å². The number of rotatable bonds is 8. The lowest BCUT2D eigenvalue weighted by atomic mass is 9.89. The van der Waals surface area contributed by atoms with Gasteiger partial charge >= 0.3 is 12.1 Å². The number of carbonyl (C=O) groups excluding carboxylic acids is 2. The fraction of sp³-hybridized carbons (Fsp3) is 0.846. The van der Waals surface area contributed by atoms with Gasteiger partial charge < -0.3 is 19.3 Å². The maximum Gasteiger partial charge on any atom is 0.410 e. The van der Waals surface area contributed by atoms with E-state index in [0.29, 0.717) is 19.6 Å². The smallest absolute Gasteiger partial charge is 0.410 e. The van der Waals surface area contributed by atoms with Crippen LogP contribution in [0.3, 0.4) is 0 Å². The van der Waals surface area contributed by atoms with Gasteiger partial charge in [0.15, 0.2) is 8.03 Å². The predicted octanol–water partition coefficient (Wildman–Crippen LogP) is 2.30. The van der Waals surface area contributed by atoms with E-state index in [9.17, 15) is 14.2 Å². The Morgan fingerprint density at radius 2 is 1.90 bits per heavy atom. The highest BCUT2D eigenvalue weighted by atomic mass is 31.1. The van der Waals surface area contributed by atoms with Gasteiger partial charge in [-0.15, -0.1) is 0 Å². The number of alkyl carbamates (subject to hydrolysis) is 1. The van der Waals surface area contributed by atoms with Crippen LogP contribution in [0, 0.1) is 5.92 Å². The summed E-state index contributed by atoms with van der Waals surface area (Å²) in [6.45, 7) is 1.82. The third kappa shape index (κ3) is 8.73. The van der Waals surface area contributed by atoms with Crippen LogP contribution in [-0.4, -0.2) is 38.7 Å². The van der Waals surface area contributed by atoms with E-state index in [2.05, 4.69) is 5.32 Å². The van der Waals surface area contributed by atoms with Crippen LogP contribution in [0.1, 0.15) is 38.5 Å². The van der Waals surface area contributed by atoms with Crippen LogP contribution in [0.25, 0.3) is 0 Å². The summed E-state index contributed by atoms with van der Waals surface area (Å²) in [5.74, 6) is -0.344. The van der Waals surface area contributed by atoms with Gasteiger partial charge in [-0.2, -0.15) is 0 Å². The highest BCUT2D eigenvalue weighted by Gasteiger charge is 2.22. The highest BCUT2D eigenvalue weighted by Crippen LogP contribution is 2.24. The fourth-order valence-corrected chi connectivity index (χ4v) is 2.56. The summed E-state index contributed by atoms with van der Waals surface area (Å²) in [6.07, 6.45) is 4.87. The van der Waals surface area contributed by atoms with Crippen LogP contribution < -0.4 is 5.32 Å². The Morgan fingerprint density at radius 1 is 1.19 bits per heavy atom. The Bertz CT molecular complexity index is 357. The second kappa shape index (κ2) is 10.6. The average molecular weight is 321 g/mol. The molecule has 0 saturated heterocycles. The van der Waals surface area contributed by atoms with Gasteiger partial charge in [0.2, 0.25) is 6.79 Å². The summed E-state index contributed by atoms with van der Waals surface area (Å²) in [7, 11) is -1.92. The van der Waals surface area contributed by atoms with Crippen molar-refractivity contribution < 1.29 is 28.2 Å². The Kier molecular flexibility index (Phi) is 9.10. The molecule has 1 saturated carbocycles. The minimum absolute atomic E-state index is 0.0558. The molecule has 21 heavy (non-hydrogen) atoms. The zero-order chi connectivity index (χ0) is 15.5. The third-order valence-corrected chi connectivity index (χ3v) is 3.84. The topological polar surface area (TPSA) is 90.9 Å². The van der Waals surface area contributed by atoms with Gasteiger partial charge in [0.05, 0.1) is 12.5 Å². The molecule has 0 aromatic carbocycles. The van der Waals surface area contributed by atoms with Crippen LogP contribution in [0.15, 0.2) is 0 Å². The quantitative estimate of drug-likeness (QED) is 0.319. The number of ether oxygens (including phenoxy) is 2. The molecule has 7 nitrogen and oxygen atoms in total. The number of esters is 1. The molecule has 0 heterocycles. The van der Waals surface area contributed by atoms with Crippen LogP contribution in [0.5, 0.6) is 0 Å². The number of hydrogen-bond acceptors (Lipinski definition) is 6. The lowest BCUT2D eigenvalue weighted by Gasteiger charge is -2.19. The number of hydrogen-bond donors (Lipinski definition) is 1. The number of nitrogens with one attached hydrogen (secondary N) is 1. The molecule has 1 aliphatic carbocycles. The standard InChI is InChI=1S/C13H24NO6P/c1-21(17)20-9-5-8-14-13(16)19-10-18-12(15)11-6-3-2-4-7-11/h11,21H,2-10H2,1H3,(H,14,16). The minimum Gasteiger partial charge on any atom is -0.428 e. The van der Waals surface area contributed by atoms with Crippen molar-refractivity contribution in [1.82, 2.24) is 5.32 Å². The van der Waals surface area contributed by atoms with Crippen molar-refractivity contribution in [3.8, 4) is 0 Å². The van der Waals surface area contributed by atoms with Gasteiger partial charge in [0.25, 0.3) is 0 Å². The molecule has 1 rings (SSSR count). The SMILES string of the molecule is C[PH](=O)OCCCNC(=O)OCOC(=O)C1CCCCC1. The molecule has 1 N–H and O–H groups in total. The van der Waals surface area contributed by atoms with E-state index in [4.69, 9.17) is 14.0 Å². The van der Waals surface area contributed by atoms with Crippen LogP contribution in [-0.2, 0) is 23.4 Å². The molecule has 0 radical (unpaired) electrons. The zero-order valence-electron chi connectivity index (χ0n) is 12.4. The first kappa shape index (κ1) is 18.0. The Labute approximate surface area is 125 Å². The molecule has 0 aliphatic heterocycles.